The number of hydrogen-bond acceptors (Lipinski definition) is 3. The van der Waals surface area contributed by atoms with E-state index >= 15 is 0 Å². The normalized spacial score (nSPS) is 10.2. The maximum atomic E-state index is 13.2. The largest absolute Gasteiger partial charge is 0.397 e. The molecule has 2 aromatic rings. The minimum Gasteiger partial charge on any atom is -0.397 e. The van der Waals surface area contributed by atoms with Crippen LogP contribution in [-0.4, -0.2) is 4.98 Å². The van der Waals surface area contributed by atoms with Crippen LogP contribution in [0.5, 0.6) is 0 Å². The lowest BCUT2D eigenvalue weighted by Crippen LogP contribution is -2.04. The monoisotopic (exact) mass is 231 g/mol. The second-order valence-corrected chi connectivity index (χ2v) is 3.86. The molecule has 0 atom stereocenters. The van der Waals surface area contributed by atoms with Crippen LogP contribution in [0.1, 0.15) is 11.3 Å². The second kappa shape index (κ2) is 4.82. The highest BCUT2D eigenvalue weighted by Gasteiger charge is 2.04. The molecular formula is C13H14FN3. The third-order valence-corrected chi connectivity index (χ3v) is 2.52. The molecule has 0 radical (unpaired) electrons. The first-order valence-electron chi connectivity index (χ1n) is 5.36. The third-order valence-electron chi connectivity index (χ3n) is 2.52. The molecule has 0 spiro atoms. The van der Waals surface area contributed by atoms with Gasteiger partial charge in [-0.1, -0.05) is 6.07 Å². The molecule has 0 saturated heterocycles. The zero-order valence-corrected chi connectivity index (χ0v) is 9.57. The van der Waals surface area contributed by atoms with Crippen molar-refractivity contribution in [3.05, 3.63) is 53.6 Å². The molecule has 0 aliphatic carbocycles. The molecule has 0 fully saturated rings. The first-order valence-corrected chi connectivity index (χ1v) is 5.36. The molecule has 3 N–H and O–H groups in total. The molecule has 17 heavy (non-hydrogen) atoms. The average molecular weight is 231 g/mol. The fourth-order valence-corrected chi connectivity index (χ4v) is 1.54. The van der Waals surface area contributed by atoms with Gasteiger partial charge in [-0.25, -0.2) is 4.39 Å². The van der Waals surface area contributed by atoms with Crippen molar-refractivity contribution in [3.63, 3.8) is 0 Å². The predicted octanol–water partition coefficient (Wildman–Crippen LogP) is 2.72. The summed E-state index contributed by atoms with van der Waals surface area (Å²) >= 11 is 0. The van der Waals surface area contributed by atoms with E-state index in [1.807, 2.05) is 18.2 Å². The van der Waals surface area contributed by atoms with Crippen molar-refractivity contribution in [1.82, 2.24) is 4.98 Å². The van der Waals surface area contributed by atoms with Gasteiger partial charge in [0.25, 0.3) is 0 Å². The summed E-state index contributed by atoms with van der Waals surface area (Å²) in [6, 6.07) is 8.73. The molecule has 1 aromatic heterocycles. The van der Waals surface area contributed by atoms with Gasteiger partial charge in [-0.05, 0) is 36.8 Å². The van der Waals surface area contributed by atoms with Gasteiger partial charge in [0.1, 0.15) is 5.82 Å². The quantitative estimate of drug-likeness (QED) is 0.798. The Labute approximate surface area is 99.5 Å². The van der Waals surface area contributed by atoms with Gasteiger partial charge in [-0.3, -0.25) is 4.98 Å². The van der Waals surface area contributed by atoms with Crippen molar-refractivity contribution >= 4 is 11.4 Å². The van der Waals surface area contributed by atoms with Gasteiger partial charge in [0.2, 0.25) is 0 Å². The van der Waals surface area contributed by atoms with Crippen molar-refractivity contribution in [3.8, 4) is 0 Å². The van der Waals surface area contributed by atoms with Gasteiger partial charge in [-0.2, -0.15) is 0 Å². The van der Waals surface area contributed by atoms with Crippen LogP contribution in [0.25, 0.3) is 0 Å². The molecule has 4 heteroatoms. The standard InChI is InChI=1S/C13H14FN3/c1-9-6-13(12(15)7-11(9)14)17-8-10-4-2-3-5-16-10/h2-7,17H,8,15H2,1H3. The van der Waals surface area contributed by atoms with Gasteiger partial charge >= 0.3 is 0 Å². The van der Waals surface area contributed by atoms with Crippen LogP contribution < -0.4 is 11.1 Å². The Balaban J connectivity index is 2.12. The average Bonchev–Trinajstić information content (AvgIpc) is 2.33. The summed E-state index contributed by atoms with van der Waals surface area (Å²) < 4.78 is 13.2. The number of nitrogens with two attached hydrogens (primary N) is 1. The molecule has 3 nitrogen and oxygen atoms in total. The molecule has 0 saturated carbocycles. The summed E-state index contributed by atoms with van der Waals surface area (Å²) in [6.07, 6.45) is 1.73. The zero-order chi connectivity index (χ0) is 12.3. The number of halogens is 1. The van der Waals surface area contributed by atoms with E-state index in [1.54, 1.807) is 19.2 Å². The summed E-state index contributed by atoms with van der Waals surface area (Å²) in [5.41, 5.74) is 8.35. The van der Waals surface area contributed by atoms with Crippen molar-refractivity contribution in [1.29, 1.82) is 0 Å². The van der Waals surface area contributed by atoms with Crippen molar-refractivity contribution in [2.45, 2.75) is 13.5 Å². The van der Waals surface area contributed by atoms with Crippen molar-refractivity contribution in [2.75, 3.05) is 11.1 Å². The number of hydrogen-bond donors (Lipinski definition) is 2. The fraction of sp³-hybridized carbons (Fsp3) is 0.154. The van der Waals surface area contributed by atoms with E-state index < -0.39 is 0 Å². The Hall–Kier alpha value is -2.10. The van der Waals surface area contributed by atoms with Crippen LogP contribution in [0.3, 0.4) is 0 Å². The van der Waals surface area contributed by atoms with Gasteiger partial charge < -0.3 is 11.1 Å². The van der Waals surface area contributed by atoms with Crippen LogP contribution in [0.4, 0.5) is 15.8 Å². The van der Waals surface area contributed by atoms with E-state index in [9.17, 15) is 4.39 Å². The molecule has 0 aliphatic heterocycles. The topological polar surface area (TPSA) is 50.9 Å². The van der Waals surface area contributed by atoms with E-state index in [1.165, 1.54) is 6.07 Å². The maximum absolute atomic E-state index is 13.2. The highest BCUT2D eigenvalue weighted by molar-refractivity contribution is 5.67. The van der Waals surface area contributed by atoms with E-state index in [0.717, 1.165) is 11.4 Å². The SMILES string of the molecule is Cc1cc(NCc2ccccn2)c(N)cc1F. The number of nitrogen functional groups attached to an aromatic ring is 1. The zero-order valence-electron chi connectivity index (χ0n) is 9.57. The predicted molar refractivity (Wildman–Crippen MR) is 67.1 cm³/mol. The fourth-order valence-electron chi connectivity index (χ4n) is 1.54. The molecule has 1 aromatic carbocycles. The third kappa shape index (κ3) is 2.72. The van der Waals surface area contributed by atoms with Gasteiger partial charge in [0, 0.05) is 6.20 Å². The molecule has 0 amide bonds. The van der Waals surface area contributed by atoms with Crippen LogP contribution in [0.15, 0.2) is 36.5 Å². The van der Waals surface area contributed by atoms with Crippen LogP contribution >= 0.6 is 0 Å². The highest BCUT2D eigenvalue weighted by atomic mass is 19.1. The van der Waals surface area contributed by atoms with E-state index in [-0.39, 0.29) is 5.82 Å². The van der Waals surface area contributed by atoms with Gasteiger partial charge in [0.15, 0.2) is 0 Å². The van der Waals surface area contributed by atoms with Crippen LogP contribution in [0, 0.1) is 12.7 Å². The highest BCUT2D eigenvalue weighted by Crippen LogP contribution is 2.22. The Bertz CT molecular complexity index is 512. The Morgan fingerprint density at radius 2 is 2.18 bits per heavy atom. The lowest BCUT2D eigenvalue weighted by Gasteiger charge is -2.10. The Morgan fingerprint density at radius 3 is 2.88 bits per heavy atom. The van der Waals surface area contributed by atoms with Crippen molar-refractivity contribution in [2.24, 2.45) is 0 Å². The lowest BCUT2D eigenvalue weighted by molar-refractivity contribution is 0.619. The van der Waals surface area contributed by atoms with Gasteiger partial charge in [-0.15, -0.1) is 0 Å². The first-order chi connectivity index (χ1) is 8.16. The number of nitrogens with zero attached hydrogens (tertiary/aromatic N) is 1. The lowest BCUT2D eigenvalue weighted by atomic mass is 10.2. The van der Waals surface area contributed by atoms with E-state index in [4.69, 9.17) is 5.73 Å². The molecule has 0 aliphatic rings. The van der Waals surface area contributed by atoms with E-state index in [0.29, 0.717) is 17.8 Å². The molecule has 2 rings (SSSR count). The molecule has 88 valence electrons. The molecular weight excluding hydrogens is 217 g/mol. The number of benzene rings is 1. The van der Waals surface area contributed by atoms with Gasteiger partial charge in [0.05, 0.1) is 23.6 Å². The summed E-state index contributed by atoms with van der Waals surface area (Å²) in [5.74, 6) is -0.286. The number of aromatic nitrogens is 1. The number of anilines is 2. The number of pyridine rings is 1. The molecule has 1 heterocycles. The summed E-state index contributed by atoms with van der Waals surface area (Å²) in [5, 5.41) is 3.14. The van der Waals surface area contributed by atoms with E-state index in [2.05, 4.69) is 10.3 Å². The summed E-state index contributed by atoms with van der Waals surface area (Å²) in [7, 11) is 0. The number of aryl methyl sites for hydroxylation is 1. The minimum absolute atomic E-state index is 0.286. The van der Waals surface area contributed by atoms with Crippen molar-refractivity contribution < 1.29 is 4.39 Å². The number of rotatable bonds is 3. The van der Waals surface area contributed by atoms with Crippen LogP contribution in [0.2, 0.25) is 0 Å². The Kier molecular flexibility index (Phi) is 3.23. The number of nitrogens with one attached hydrogen (secondary N) is 1. The Morgan fingerprint density at radius 1 is 1.35 bits per heavy atom. The smallest absolute Gasteiger partial charge is 0.128 e. The summed E-state index contributed by atoms with van der Waals surface area (Å²) in [4.78, 5) is 4.19. The first kappa shape index (κ1) is 11.4. The summed E-state index contributed by atoms with van der Waals surface area (Å²) in [6.45, 7) is 2.27. The minimum atomic E-state index is -0.286. The molecule has 0 unspecified atom stereocenters. The second-order valence-electron chi connectivity index (χ2n) is 3.86. The van der Waals surface area contributed by atoms with Crippen LogP contribution in [-0.2, 0) is 6.54 Å². The molecule has 0 bridgehead atoms. The maximum Gasteiger partial charge on any atom is 0.128 e.